The number of hydrogen-bond acceptors (Lipinski definition) is 4. The zero-order valence-corrected chi connectivity index (χ0v) is 16.5. The molecule has 7 heteroatoms. The Labute approximate surface area is 173 Å². The Morgan fingerprint density at radius 2 is 1.82 bits per heavy atom. The van der Waals surface area contributed by atoms with Crippen molar-refractivity contribution in [2.75, 3.05) is 4.90 Å². The monoisotopic (exact) mass is 414 g/mol. The van der Waals surface area contributed by atoms with Crippen molar-refractivity contribution in [1.82, 2.24) is 4.90 Å². The molecule has 5 unspecified atom stereocenters. The summed E-state index contributed by atoms with van der Waals surface area (Å²) in [5.41, 5.74) is 2.01. The van der Waals surface area contributed by atoms with Crippen LogP contribution in [0.1, 0.15) is 12.0 Å². The molecular formula is C21H19ClN2O3S. The lowest BCUT2D eigenvalue weighted by Crippen LogP contribution is -2.66. The van der Waals surface area contributed by atoms with Crippen LogP contribution in [0, 0.1) is 5.92 Å². The summed E-state index contributed by atoms with van der Waals surface area (Å²) < 4.78 is 5.59. The topological polar surface area (TPSA) is 53.0 Å². The summed E-state index contributed by atoms with van der Waals surface area (Å²) in [5.74, 6) is -0.667. The molecule has 0 amide bonds. The summed E-state index contributed by atoms with van der Waals surface area (Å²) in [6, 6.07) is 17.2. The maximum absolute atomic E-state index is 12.5. The molecule has 1 N–H and O–H groups in total. The lowest BCUT2D eigenvalue weighted by molar-refractivity contribution is -0.194. The number of hydrogen-bond donors (Lipinski definition) is 1. The van der Waals surface area contributed by atoms with Crippen molar-refractivity contribution in [3.05, 3.63) is 65.2 Å². The normalized spacial score (nSPS) is 31.1. The van der Waals surface area contributed by atoms with Crippen molar-refractivity contribution in [1.29, 1.82) is 0 Å². The minimum absolute atomic E-state index is 0.160. The fraction of sp³-hybridized carbons (Fsp3) is 0.333. The summed E-state index contributed by atoms with van der Waals surface area (Å²) in [4.78, 5) is 16.6. The maximum Gasteiger partial charge on any atom is 0.311 e. The van der Waals surface area contributed by atoms with Gasteiger partial charge in [0.1, 0.15) is 6.10 Å². The molecule has 0 radical (unpaired) electrons. The Balaban J connectivity index is 1.58. The zero-order valence-electron chi connectivity index (χ0n) is 14.9. The Morgan fingerprint density at radius 3 is 2.54 bits per heavy atom. The lowest BCUT2D eigenvalue weighted by Gasteiger charge is -2.49. The zero-order chi connectivity index (χ0) is 19.4. The van der Waals surface area contributed by atoms with Crippen molar-refractivity contribution in [3.63, 3.8) is 0 Å². The number of thiocarbonyl (C=S) groups is 1. The molecule has 1 aliphatic carbocycles. The molecule has 28 heavy (non-hydrogen) atoms. The summed E-state index contributed by atoms with van der Waals surface area (Å²) in [6.45, 7) is 0.596. The number of carbonyl (C=O) groups excluding carboxylic acids is 1. The van der Waals surface area contributed by atoms with Gasteiger partial charge in [0.05, 0.1) is 24.1 Å². The Kier molecular flexibility index (Phi) is 4.30. The average molecular weight is 415 g/mol. The van der Waals surface area contributed by atoms with Gasteiger partial charge in [-0.25, -0.2) is 0 Å². The van der Waals surface area contributed by atoms with E-state index in [1.165, 1.54) is 0 Å². The van der Waals surface area contributed by atoms with Crippen molar-refractivity contribution >= 4 is 40.6 Å². The first kappa shape index (κ1) is 17.9. The van der Waals surface area contributed by atoms with Crippen molar-refractivity contribution in [2.24, 2.45) is 5.92 Å². The molecule has 6 rings (SSSR count). The van der Waals surface area contributed by atoms with E-state index in [1.54, 1.807) is 0 Å². The Bertz CT molecular complexity index is 923. The van der Waals surface area contributed by atoms with Crippen LogP contribution in [-0.2, 0) is 16.1 Å². The van der Waals surface area contributed by atoms with Gasteiger partial charge < -0.3 is 19.6 Å². The fourth-order valence-corrected chi connectivity index (χ4v) is 5.26. The average Bonchev–Trinajstić information content (AvgIpc) is 2.98. The number of ether oxygens (including phenoxy) is 1. The molecule has 5 nitrogen and oxygen atoms in total. The standard InChI is InChI=1S/C21H19ClN2O3S/c22-13-6-8-14(9-7-13)24-17-15-10-16(25)19(27-20(15)26)18(17)23(21(24)28)11-12-4-2-1-3-5-12/h1-9,15-19,25H,10-11H2. The summed E-state index contributed by atoms with van der Waals surface area (Å²) in [5, 5.41) is 11.8. The van der Waals surface area contributed by atoms with E-state index < -0.39 is 18.1 Å². The molecule has 1 saturated carbocycles. The van der Waals surface area contributed by atoms with E-state index in [0.29, 0.717) is 23.1 Å². The molecule has 144 valence electrons. The van der Waals surface area contributed by atoms with E-state index in [0.717, 1.165) is 11.3 Å². The van der Waals surface area contributed by atoms with Crippen LogP contribution in [0.15, 0.2) is 54.6 Å². The van der Waals surface area contributed by atoms with E-state index >= 15 is 0 Å². The van der Waals surface area contributed by atoms with Gasteiger partial charge in [0.15, 0.2) is 5.11 Å². The minimum atomic E-state index is -0.671. The highest BCUT2D eigenvalue weighted by atomic mass is 35.5. The molecule has 2 aromatic rings. The van der Waals surface area contributed by atoms with Crippen LogP contribution in [0.25, 0.3) is 0 Å². The smallest absolute Gasteiger partial charge is 0.311 e. The van der Waals surface area contributed by atoms with Crippen LogP contribution in [0.5, 0.6) is 0 Å². The van der Waals surface area contributed by atoms with E-state index in [-0.39, 0.29) is 18.1 Å². The van der Waals surface area contributed by atoms with Crippen molar-refractivity contribution in [3.8, 4) is 0 Å². The molecule has 4 aliphatic rings. The van der Waals surface area contributed by atoms with E-state index in [1.807, 2.05) is 59.5 Å². The maximum atomic E-state index is 12.5. The van der Waals surface area contributed by atoms with Gasteiger partial charge in [-0.1, -0.05) is 41.9 Å². The third kappa shape index (κ3) is 2.70. The van der Waals surface area contributed by atoms with Gasteiger partial charge in [0.25, 0.3) is 0 Å². The number of aliphatic hydroxyl groups excluding tert-OH is 1. The molecule has 0 aromatic heterocycles. The summed E-state index contributed by atoms with van der Waals surface area (Å²) in [6.07, 6.45) is -0.854. The van der Waals surface area contributed by atoms with E-state index in [4.69, 9.17) is 28.6 Å². The number of halogens is 1. The first-order valence-corrected chi connectivity index (χ1v) is 10.1. The molecule has 4 fully saturated rings. The molecule has 3 heterocycles. The number of fused-ring (bicyclic) bond motifs is 2. The number of carbonyl (C=O) groups is 1. The summed E-state index contributed by atoms with van der Waals surface area (Å²) in [7, 11) is 0. The molecule has 3 saturated heterocycles. The SMILES string of the molecule is O=C1OC2C(O)CC1C1C2N(Cc2ccccc2)C(=S)N1c1ccc(Cl)cc1. The first-order chi connectivity index (χ1) is 13.5. The number of anilines is 1. The van der Waals surface area contributed by atoms with Gasteiger partial charge in [0, 0.05) is 17.3 Å². The van der Waals surface area contributed by atoms with Gasteiger partial charge in [-0.05, 0) is 48.5 Å². The van der Waals surface area contributed by atoms with Crippen LogP contribution >= 0.6 is 23.8 Å². The Morgan fingerprint density at radius 1 is 1.11 bits per heavy atom. The Hall–Kier alpha value is -2.15. The second-order valence-corrected chi connectivity index (χ2v) is 8.34. The largest absolute Gasteiger partial charge is 0.457 e. The molecule has 2 aromatic carbocycles. The van der Waals surface area contributed by atoms with Crippen LogP contribution < -0.4 is 4.90 Å². The molecular weight excluding hydrogens is 396 g/mol. The van der Waals surface area contributed by atoms with Gasteiger partial charge in [-0.3, -0.25) is 4.79 Å². The van der Waals surface area contributed by atoms with Crippen molar-refractivity contribution < 1.29 is 14.6 Å². The van der Waals surface area contributed by atoms with Gasteiger partial charge in [-0.15, -0.1) is 0 Å². The summed E-state index contributed by atoms with van der Waals surface area (Å²) >= 11 is 11.9. The second-order valence-electron chi connectivity index (χ2n) is 7.53. The lowest BCUT2D eigenvalue weighted by atomic mass is 9.74. The third-order valence-electron chi connectivity index (χ3n) is 5.94. The fourth-order valence-electron chi connectivity index (χ4n) is 4.72. The molecule has 5 atom stereocenters. The highest BCUT2D eigenvalue weighted by Crippen LogP contribution is 2.46. The second kappa shape index (κ2) is 6.72. The highest BCUT2D eigenvalue weighted by molar-refractivity contribution is 7.80. The third-order valence-corrected chi connectivity index (χ3v) is 6.62. The first-order valence-electron chi connectivity index (χ1n) is 9.32. The van der Waals surface area contributed by atoms with E-state index in [2.05, 4.69) is 4.90 Å². The minimum Gasteiger partial charge on any atom is -0.457 e. The molecule has 0 spiro atoms. The molecule has 2 bridgehead atoms. The van der Waals surface area contributed by atoms with Crippen molar-refractivity contribution in [2.45, 2.75) is 37.3 Å². The number of benzene rings is 2. The number of rotatable bonds is 3. The number of aliphatic hydroxyl groups is 1. The van der Waals surface area contributed by atoms with Crippen LogP contribution in [0.3, 0.4) is 0 Å². The predicted octanol–water partition coefficient (Wildman–Crippen LogP) is 2.99. The van der Waals surface area contributed by atoms with Crippen LogP contribution in [0.2, 0.25) is 5.02 Å². The molecule has 3 aliphatic heterocycles. The number of esters is 1. The number of nitrogens with zero attached hydrogens (tertiary/aromatic N) is 2. The van der Waals surface area contributed by atoms with Gasteiger partial charge >= 0.3 is 5.97 Å². The van der Waals surface area contributed by atoms with Crippen LogP contribution in [0.4, 0.5) is 5.69 Å². The highest BCUT2D eigenvalue weighted by Gasteiger charge is 2.62. The van der Waals surface area contributed by atoms with Gasteiger partial charge in [-0.2, -0.15) is 0 Å². The predicted molar refractivity (Wildman–Crippen MR) is 110 cm³/mol. The van der Waals surface area contributed by atoms with Crippen LogP contribution in [-0.4, -0.2) is 45.4 Å². The van der Waals surface area contributed by atoms with E-state index in [9.17, 15) is 9.90 Å². The quantitative estimate of drug-likeness (QED) is 0.615. The van der Waals surface area contributed by atoms with Gasteiger partial charge in [0.2, 0.25) is 0 Å².